The fourth-order valence-corrected chi connectivity index (χ4v) is 3.84. The Labute approximate surface area is 132 Å². The second-order valence-corrected chi connectivity index (χ2v) is 6.94. The molecule has 3 atom stereocenters. The van der Waals surface area contributed by atoms with Crippen molar-refractivity contribution in [3.05, 3.63) is 0 Å². The van der Waals surface area contributed by atoms with Crippen molar-refractivity contribution in [2.75, 3.05) is 20.6 Å². The first kappa shape index (κ1) is 16.9. The Hall–Kier alpha value is -1.43. The summed E-state index contributed by atoms with van der Waals surface area (Å²) in [5, 5.41) is 3.49. The standard InChI is InChI=1S/C16H27N3O3/c1-6-10-8-17-11(7-9(2)3)12(10)13-14(20)18(4)16(22)19(5)15(13)21/h9-13,17H,6-8H2,1-5H3. The number of imide groups is 2. The average molecular weight is 309 g/mol. The zero-order chi connectivity index (χ0) is 16.6. The van der Waals surface area contributed by atoms with E-state index in [1.54, 1.807) is 0 Å². The quantitative estimate of drug-likeness (QED) is 0.795. The molecule has 0 aliphatic carbocycles. The van der Waals surface area contributed by atoms with Gasteiger partial charge >= 0.3 is 6.03 Å². The van der Waals surface area contributed by atoms with Crippen molar-refractivity contribution < 1.29 is 14.4 Å². The molecule has 0 aromatic rings. The molecule has 0 aromatic heterocycles. The minimum Gasteiger partial charge on any atom is -0.313 e. The van der Waals surface area contributed by atoms with E-state index in [9.17, 15) is 14.4 Å². The van der Waals surface area contributed by atoms with Crippen LogP contribution in [0.25, 0.3) is 0 Å². The Morgan fingerprint density at radius 2 is 1.68 bits per heavy atom. The van der Waals surface area contributed by atoms with Gasteiger partial charge < -0.3 is 5.32 Å². The van der Waals surface area contributed by atoms with Crippen molar-refractivity contribution >= 4 is 17.8 Å². The molecule has 2 aliphatic rings. The summed E-state index contributed by atoms with van der Waals surface area (Å²) in [6.07, 6.45) is 1.85. The number of hydrogen-bond donors (Lipinski definition) is 1. The summed E-state index contributed by atoms with van der Waals surface area (Å²) in [6.45, 7) is 7.21. The molecular weight excluding hydrogens is 282 g/mol. The summed E-state index contributed by atoms with van der Waals surface area (Å²) in [5.41, 5.74) is 0. The first-order valence-corrected chi connectivity index (χ1v) is 8.12. The number of hydrogen-bond acceptors (Lipinski definition) is 4. The average Bonchev–Trinajstić information content (AvgIpc) is 2.85. The van der Waals surface area contributed by atoms with Crippen molar-refractivity contribution in [2.45, 2.75) is 39.7 Å². The van der Waals surface area contributed by atoms with Crippen molar-refractivity contribution in [1.29, 1.82) is 0 Å². The number of amides is 4. The van der Waals surface area contributed by atoms with E-state index in [0.29, 0.717) is 5.92 Å². The SMILES string of the molecule is CCC1CNC(CC(C)C)C1C1C(=O)N(C)C(=O)N(C)C1=O. The Morgan fingerprint density at radius 1 is 1.14 bits per heavy atom. The van der Waals surface area contributed by atoms with Crippen LogP contribution < -0.4 is 5.32 Å². The van der Waals surface area contributed by atoms with Crippen LogP contribution in [0.15, 0.2) is 0 Å². The molecule has 2 rings (SSSR count). The Morgan fingerprint density at radius 3 is 2.14 bits per heavy atom. The van der Waals surface area contributed by atoms with Crippen molar-refractivity contribution in [3.63, 3.8) is 0 Å². The highest BCUT2D eigenvalue weighted by atomic mass is 16.2. The van der Waals surface area contributed by atoms with E-state index in [1.165, 1.54) is 14.1 Å². The topological polar surface area (TPSA) is 69.7 Å². The predicted octanol–water partition coefficient (Wildman–Crippen LogP) is 1.31. The van der Waals surface area contributed by atoms with Crippen LogP contribution in [0.5, 0.6) is 0 Å². The lowest BCUT2D eigenvalue weighted by molar-refractivity contribution is -0.151. The maximum atomic E-state index is 12.6. The second kappa shape index (κ2) is 6.36. The zero-order valence-corrected chi connectivity index (χ0v) is 14.1. The van der Waals surface area contributed by atoms with Gasteiger partial charge in [-0.15, -0.1) is 0 Å². The maximum Gasteiger partial charge on any atom is 0.332 e. The molecule has 0 radical (unpaired) electrons. The fourth-order valence-electron chi connectivity index (χ4n) is 3.84. The van der Waals surface area contributed by atoms with Gasteiger partial charge in [-0.2, -0.15) is 0 Å². The summed E-state index contributed by atoms with van der Waals surface area (Å²) in [7, 11) is 2.92. The lowest BCUT2D eigenvalue weighted by Crippen LogP contribution is -2.60. The second-order valence-electron chi connectivity index (χ2n) is 6.94. The van der Waals surface area contributed by atoms with Gasteiger partial charge in [-0.25, -0.2) is 4.79 Å². The molecule has 2 saturated heterocycles. The van der Waals surface area contributed by atoms with Crippen LogP contribution >= 0.6 is 0 Å². The summed E-state index contributed by atoms with van der Waals surface area (Å²) in [5.74, 6) is -0.706. The number of nitrogens with one attached hydrogen (secondary N) is 1. The Balaban J connectivity index is 2.33. The van der Waals surface area contributed by atoms with Gasteiger partial charge in [-0.05, 0) is 30.7 Å². The zero-order valence-electron chi connectivity index (χ0n) is 14.1. The maximum absolute atomic E-state index is 12.6. The molecule has 0 saturated carbocycles. The van der Waals surface area contributed by atoms with Crippen LogP contribution in [0.3, 0.4) is 0 Å². The van der Waals surface area contributed by atoms with Gasteiger partial charge in [0.25, 0.3) is 0 Å². The lowest BCUT2D eigenvalue weighted by Gasteiger charge is -2.38. The van der Waals surface area contributed by atoms with Crippen molar-refractivity contribution in [3.8, 4) is 0 Å². The molecular formula is C16H27N3O3. The highest BCUT2D eigenvalue weighted by Gasteiger charge is 2.52. The molecule has 1 N–H and O–H groups in total. The molecule has 22 heavy (non-hydrogen) atoms. The largest absolute Gasteiger partial charge is 0.332 e. The first-order valence-electron chi connectivity index (χ1n) is 8.12. The van der Waals surface area contributed by atoms with Crippen LogP contribution in [0.2, 0.25) is 0 Å². The number of carbonyl (C=O) groups is 3. The molecule has 4 amide bonds. The summed E-state index contributed by atoms with van der Waals surface area (Å²) >= 11 is 0. The third kappa shape index (κ3) is 2.76. The van der Waals surface area contributed by atoms with Crippen LogP contribution in [0.1, 0.15) is 33.6 Å². The smallest absolute Gasteiger partial charge is 0.313 e. The number of carbonyl (C=O) groups excluding carboxylic acids is 3. The van der Waals surface area contributed by atoms with E-state index >= 15 is 0 Å². The monoisotopic (exact) mass is 309 g/mol. The molecule has 0 spiro atoms. The number of barbiturate groups is 1. The lowest BCUT2D eigenvalue weighted by atomic mass is 9.74. The van der Waals surface area contributed by atoms with E-state index in [2.05, 4.69) is 26.1 Å². The van der Waals surface area contributed by atoms with E-state index in [-0.39, 0.29) is 29.7 Å². The fraction of sp³-hybridized carbons (Fsp3) is 0.812. The third-order valence-electron chi connectivity index (χ3n) is 5.05. The molecule has 124 valence electrons. The third-order valence-corrected chi connectivity index (χ3v) is 5.05. The molecule has 2 aliphatic heterocycles. The van der Waals surface area contributed by atoms with Crippen LogP contribution in [0, 0.1) is 23.7 Å². The predicted molar refractivity (Wildman–Crippen MR) is 82.9 cm³/mol. The minimum atomic E-state index is -0.739. The highest BCUT2D eigenvalue weighted by Crippen LogP contribution is 2.37. The van der Waals surface area contributed by atoms with Crippen LogP contribution in [-0.4, -0.2) is 54.3 Å². The molecule has 3 unspecified atom stereocenters. The van der Waals surface area contributed by atoms with Gasteiger partial charge in [0.2, 0.25) is 11.8 Å². The molecule has 0 aromatic carbocycles. The van der Waals surface area contributed by atoms with Crippen molar-refractivity contribution in [1.82, 2.24) is 15.1 Å². The Kier molecular flexibility index (Phi) is 4.90. The normalized spacial score (nSPS) is 30.8. The van der Waals surface area contributed by atoms with E-state index in [1.807, 2.05) is 0 Å². The van der Waals surface area contributed by atoms with Gasteiger partial charge in [-0.3, -0.25) is 19.4 Å². The summed E-state index contributed by atoms with van der Waals surface area (Å²) < 4.78 is 0. The van der Waals surface area contributed by atoms with Gasteiger partial charge in [0.15, 0.2) is 0 Å². The van der Waals surface area contributed by atoms with Gasteiger partial charge in [0.1, 0.15) is 5.92 Å². The van der Waals surface area contributed by atoms with Crippen LogP contribution in [0.4, 0.5) is 4.79 Å². The van der Waals surface area contributed by atoms with Crippen LogP contribution in [-0.2, 0) is 9.59 Å². The molecule has 6 nitrogen and oxygen atoms in total. The van der Waals surface area contributed by atoms with E-state index < -0.39 is 11.9 Å². The van der Waals surface area contributed by atoms with E-state index in [0.717, 1.165) is 29.2 Å². The molecule has 6 heteroatoms. The Bertz CT molecular complexity index is 453. The molecule has 2 heterocycles. The summed E-state index contributed by atoms with van der Waals surface area (Å²) in [6, 6.07) is -0.386. The molecule has 2 fully saturated rings. The van der Waals surface area contributed by atoms with Gasteiger partial charge in [-0.1, -0.05) is 27.2 Å². The number of rotatable bonds is 4. The highest BCUT2D eigenvalue weighted by molar-refractivity contribution is 6.16. The number of urea groups is 1. The van der Waals surface area contributed by atoms with Crippen molar-refractivity contribution in [2.24, 2.45) is 23.7 Å². The summed E-state index contributed by atoms with van der Waals surface area (Å²) in [4.78, 5) is 39.3. The van der Waals surface area contributed by atoms with E-state index in [4.69, 9.17) is 0 Å². The first-order chi connectivity index (χ1) is 10.3. The minimum absolute atomic E-state index is 0.0367. The van der Waals surface area contributed by atoms with Gasteiger partial charge in [0, 0.05) is 20.1 Å². The number of nitrogens with zero attached hydrogens (tertiary/aromatic N) is 2. The molecule has 0 bridgehead atoms. The van der Waals surface area contributed by atoms with Gasteiger partial charge in [0.05, 0.1) is 0 Å².